The molecule has 0 saturated carbocycles. The smallest absolute Gasteiger partial charge is 0.263 e. The highest BCUT2D eigenvalue weighted by Crippen LogP contribution is 2.36. The summed E-state index contributed by atoms with van der Waals surface area (Å²) in [6.07, 6.45) is 1.98. The number of fused-ring (bicyclic) bond motifs is 1. The number of rotatable bonds is 6. The summed E-state index contributed by atoms with van der Waals surface area (Å²) in [5.74, 6) is -2.95. The van der Waals surface area contributed by atoms with Crippen LogP contribution in [-0.4, -0.2) is 77.0 Å². The zero-order valence-electron chi connectivity index (χ0n) is 22.1. The van der Waals surface area contributed by atoms with Crippen molar-refractivity contribution in [3.63, 3.8) is 0 Å². The number of aromatic nitrogens is 3. The van der Waals surface area contributed by atoms with Crippen molar-refractivity contribution in [3.8, 4) is 11.6 Å². The lowest BCUT2D eigenvalue weighted by atomic mass is 10.1. The number of aryl methyl sites for hydroxylation is 1. The number of aromatic amines is 1. The Kier molecular flexibility index (Phi) is 6.70. The third kappa shape index (κ3) is 4.79. The molecule has 0 atom stereocenters. The van der Waals surface area contributed by atoms with Gasteiger partial charge >= 0.3 is 0 Å². The molecule has 0 radical (unpaired) electrons. The van der Waals surface area contributed by atoms with Crippen LogP contribution in [0, 0.1) is 24.4 Å². The number of carbonyl (C=O) groups is 1. The van der Waals surface area contributed by atoms with Gasteiger partial charge in [0.2, 0.25) is 5.88 Å². The second kappa shape index (κ2) is 10.3. The molecule has 2 aromatic heterocycles. The van der Waals surface area contributed by atoms with Crippen LogP contribution in [0.2, 0.25) is 0 Å². The number of hydrogen-bond acceptors (Lipinski definition) is 7. The van der Waals surface area contributed by atoms with Crippen molar-refractivity contribution < 1.29 is 22.7 Å². The number of ether oxygens (including phenoxy) is 1. The Hall–Kier alpha value is -4.32. The van der Waals surface area contributed by atoms with Gasteiger partial charge in [-0.3, -0.25) is 4.79 Å². The number of nitrogens with one attached hydrogen (secondary N) is 2. The van der Waals surface area contributed by atoms with Gasteiger partial charge in [0, 0.05) is 62.1 Å². The van der Waals surface area contributed by atoms with Gasteiger partial charge in [0.05, 0.1) is 11.2 Å². The molecular formula is C28H28F3N7O2. The quantitative estimate of drug-likeness (QED) is 0.355. The minimum atomic E-state index is -0.794. The van der Waals surface area contributed by atoms with Crippen molar-refractivity contribution in [2.75, 3.05) is 56.5 Å². The number of likely N-dealkylation sites (tertiary alicyclic amines) is 1. The molecule has 2 aliphatic heterocycles. The van der Waals surface area contributed by atoms with Crippen molar-refractivity contribution in [3.05, 3.63) is 65.4 Å². The van der Waals surface area contributed by atoms with E-state index in [-0.39, 0.29) is 28.2 Å². The zero-order chi connectivity index (χ0) is 28.0. The number of piperazine rings is 1. The fourth-order valence-electron chi connectivity index (χ4n) is 4.95. The third-order valence-electron chi connectivity index (χ3n) is 7.33. The fourth-order valence-corrected chi connectivity index (χ4v) is 4.95. The van der Waals surface area contributed by atoms with Crippen molar-refractivity contribution in [1.29, 1.82) is 0 Å². The standard InChI is InChI=1S/C28H28F3N7O2/c1-16-12-18-24(31)22(14-20(30)25(18)34-16)40-27-23(28(39)38-6-3-7-38)26(32-15-33-27)35-17-4-5-21(19(29)13-17)37-10-8-36(2)9-11-37/h4-5,12-15,34H,3,6-11H2,1-2H3,(H,32,33,35). The lowest BCUT2D eigenvalue weighted by Crippen LogP contribution is -2.44. The number of likely N-dealkylation sites (N-methyl/N-ethyl adjacent to an activating group) is 1. The average Bonchev–Trinajstić information content (AvgIpc) is 3.29. The SMILES string of the molecule is Cc1cc2c(F)c(Oc3ncnc(Nc4ccc(N5CCN(C)CC5)c(F)c4)c3C(=O)N3CCC3)cc(F)c2[nH]1. The van der Waals surface area contributed by atoms with Gasteiger partial charge in [0.15, 0.2) is 23.2 Å². The highest BCUT2D eigenvalue weighted by molar-refractivity contribution is 6.02. The molecular weight excluding hydrogens is 523 g/mol. The highest BCUT2D eigenvalue weighted by Gasteiger charge is 2.30. The largest absolute Gasteiger partial charge is 0.435 e. The molecule has 208 valence electrons. The lowest BCUT2D eigenvalue weighted by Gasteiger charge is -2.34. The molecule has 2 fully saturated rings. The molecule has 0 aliphatic carbocycles. The van der Waals surface area contributed by atoms with Crippen LogP contribution >= 0.6 is 0 Å². The van der Waals surface area contributed by atoms with Gasteiger partial charge in [-0.05, 0) is 44.7 Å². The minimum Gasteiger partial charge on any atom is -0.435 e. The number of nitrogens with zero attached hydrogens (tertiary/aromatic N) is 5. The number of halogens is 3. The highest BCUT2D eigenvalue weighted by atomic mass is 19.1. The number of benzene rings is 2. The van der Waals surface area contributed by atoms with Crippen LogP contribution in [0.5, 0.6) is 11.6 Å². The number of hydrogen-bond donors (Lipinski definition) is 2. The molecule has 2 saturated heterocycles. The van der Waals surface area contributed by atoms with E-state index in [4.69, 9.17) is 4.74 Å². The van der Waals surface area contributed by atoms with E-state index in [1.165, 1.54) is 12.1 Å². The third-order valence-corrected chi connectivity index (χ3v) is 7.33. The fraction of sp³-hybridized carbons (Fsp3) is 0.321. The predicted molar refractivity (Wildman–Crippen MR) is 145 cm³/mol. The van der Waals surface area contributed by atoms with E-state index in [1.54, 1.807) is 24.0 Å². The van der Waals surface area contributed by atoms with Crippen LogP contribution < -0.4 is 15.0 Å². The topological polar surface area (TPSA) is 89.6 Å². The summed E-state index contributed by atoms with van der Waals surface area (Å²) in [5, 5.41) is 3.02. The van der Waals surface area contributed by atoms with Gasteiger partial charge in [-0.2, -0.15) is 0 Å². The summed E-state index contributed by atoms with van der Waals surface area (Å²) in [6, 6.07) is 7.11. The first kappa shape index (κ1) is 25.9. The number of H-pyrrole nitrogens is 1. The van der Waals surface area contributed by atoms with Gasteiger partial charge in [-0.1, -0.05) is 0 Å². The van der Waals surface area contributed by atoms with Gasteiger partial charge in [-0.25, -0.2) is 23.1 Å². The predicted octanol–water partition coefficient (Wildman–Crippen LogP) is 4.82. The summed E-state index contributed by atoms with van der Waals surface area (Å²) in [4.78, 5) is 30.3. The van der Waals surface area contributed by atoms with Crippen molar-refractivity contribution in [2.24, 2.45) is 0 Å². The van der Waals surface area contributed by atoms with E-state index in [0.29, 0.717) is 43.2 Å². The Morgan fingerprint density at radius 2 is 1.77 bits per heavy atom. The lowest BCUT2D eigenvalue weighted by molar-refractivity contribution is 0.0649. The second-order valence-electron chi connectivity index (χ2n) is 10.1. The summed E-state index contributed by atoms with van der Waals surface area (Å²) in [7, 11) is 2.03. The molecule has 2 aromatic carbocycles. The zero-order valence-corrected chi connectivity index (χ0v) is 22.1. The van der Waals surface area contributed by atoms with E-state index in [2.05, 4.69) is 25.2 Å². The van der Waals surface area contributed by atoms with Crippen LogP contribution in [0.15, 0.2) is 36.7 Å². The van der Waals surface area contributed by atoms with Crippen molar-refractivity contribution >= 4 is 34.0 Å². The molecule has 0 bridgehead atoms. The minimum absolute atomic E-state index is 0.0197. The molecule has 6 rings (SSSR count). The molecule has 4 aromatic rings. The number of amides is 1. The Morgan fingerprint density at radius 1 is 1.00 bits per heavy atom. The van der Waals surface area contributed by atoms with Crippen molar-refractivity contribution in [1.82, 2.24) is 24.8 Å². The monoisotopic (exact) mass is 551 g/mol. The number of carbonyl (C=O) groups excluding carboxylic acids is 1. The molecule has 1 amide bonds. The summed E-state index contributed by atoms with van der Waals surface area (Å²) >= 11 is 0. The van der Waals surface area contributed by atoms with Crippen LogP contribution in [0.4, 0.5) is 30.4 Å². The van der Waals surface area contributed by atoms with Gasteiger partial charge in [-0.15, -0.1) is 0 Å². The molecule has 2 N–H and O–H groups in total. The number of anilines is 3. The second-order valence-corrected chi connectivity index (χ2v) is 10.1. The maximum atomic E-state index is 15.3. The van der Waals surface area contributed by atoms with Crippen molar-refractivity contribution in [2.45, 2.75) is 13.3 Å². The molecule has 12 heteroatoms. The summed E-state index contributed by atoms with van der Waals surface area (Å²) in [5.41, 5.74) is 1.40. The van der Waals surface area contributed by atoms with Crippen LogP contribution in [0.3, 0.4) is 0 Å². The maximum Gasteiger partial charge on any atom is 0.263 e. The molecule has 2 aliphatic rings. The van der Waals surface area contributed by atoms with E-state index >= 15 is 8.78 Å². The Morgan fingerprint density at radius 3 is 2.48 bits per heavy atom. The molecule has 4 heterocycles. The van der Waals surface area contributed by atoms with Crippen LogP contribution in [0.1, 0.15) is 22.5 Å². The van der Waals surface area contributed by atoms with E-state index in [9.17, 15) is 9.18 Å². The molecule has 0 spiro atoms. The summed E-state index contributed by atoms with van der Waals surface area (Å²) < 4.78 is 50.9. The molecule has 40 heavy (non-hydrogen) atoms. The summed E-state index contributed by atoms with van der Waals surface area (Å²) in [6.45, 7) is 5.85. The van der Waals surface area contributed by atoms with E-state index < -0.39 is 29.1 Å². The van der Waals surface area contributed by atoms with E-state index in [0.717, 1.165) is 31.9 Å². The Bertz CT molecular complexity index is 1600. The maximum absolute atomic E-state index is 15.3. The Balaban J connectivity index is 1.34. The normalized spacial score (nSPS) is 15.8. The average molecular weight is 552 g/mol. The molecule has 0 unspecified atom stereocenters. The van der Waals surface area contributed by atoms with E-state index in [1.807, 2.05) is 11.9 Å². The first-order valence-electron chi connectivity index (χ1n) is 13.1. The van der Waals surface area contributed by atoms with Crippen LogP contribution in [-0.2, 0) is 0 Å². The van der Waals surface area contributed by atoms with Crippen LogP contribution in [0.25, 0.3) is 10.9 Å². The first-order chi connectivity index (χ1) is 19.3. The first-order valence-corrected chi connectivity index (χ1v) is 13.1. The molecule has 9 nitrogen and oxygen atoms in total. The van der Waals surface area contributed by atoms with Gasteiger partial charge in [0.1, 0.15) is 17.7 Å². The van der Waals surface area contributed by atoms with Gasteiger partial charge < -0.3 is 29.7 Å². The Labute approximate surface area is 228 Å². The van der Waals surface area contributed by atoms with Gasteiger partial charge in [0.25, 0.3) is 5.91 Å².